The Morgan fingerprint density at radius 2 is 2.00 bits per heavy atom. The lowest BCUT2D eigenvalue weighted by Crippen LogP contribution is -2.45. The van der Waals surface area contributed by atoms with Crippen LogP contribution >= 0.6 is 0 Å². The van der Waals surface area contributed by atoms with Crippen LogP contribution in [0.25, 0.3) is 0 Å². The summed E-state index contributed by atoms with van der Waals surface area (Å²) in [7, 11) is 0. The maximum absolute atomic E-state index is 11.7. The first-order valence-electron chi connectivity index (χ1n) is 5.65. The van der Waals surface area contributed by atoms with Crippen molar-refractivity contribution >= 4 is 23.8 Å². The molecule has 0 aromatic heterocycles. The van der Waals surface area contributed by atoms with Gasteiger partial charge in [-0.3, -0.25) is 19.3 Å². The molecule has 2 N–H and O–H groups in total. The predicted molar refractivity (Wildman–Crippen MR) is 58.5 cm³/mol. The van der Waals surface area contributed by atoms with Gasteiger partial charge in [-0.25, -0.2) is 4.79 Å². The van der Waals surface area contributed by atoms with Gasteiger partial charge in [-0.2, -0.15) is 0 Å². The summed E-state index contributed by atoms with van der Waals surface area (Å²) in [5.74, 6) is -3.82. The van der Waals surface area contributed by atoms with Crippen LogP contribution in [0, 0.1) is 5.92 Å². The zero-order chi connectivity index (χ0) is 13.9. The number of carboxylic acid groups (broad SMARTS) is 2. The van der Waals surface area contributed by atoms with E-state index in [-0.39, 0.29) is 25.7 Å². The first-order valence-corrected chi connectivity index (χ1v) is 5.65. The van der Waals surface area contributed by atoms with Crippen molar-refractivity contribution in [3.8, 4) is 0 Å². The van der Waals surface area contributed by atoms with Crippen LogP contribution in [0.2, 0.25) is 0 Å². The molecule has 0 saturated carbocycles. The Bertz CT molecular complexity index is 391. The van der Waals surface area contributed by atoms with Crippen LogP contribution in [-0.2, 0) is 19.2 Å². The summed E-state index contributed by atoms with van der Waals surface area (Å²) < 4.78 is 0. The summed E-state index contributed by atoms with van der Waals surface area (Å²) in [6.45, 7) is 1.57. The van der Waals surface area contributed by atoms with E-state index in [4.69, 9.17) is 10.2 Å². The average Bonchev–Trinajstić information content (AvgIpc) is 2.49. The van der Waals surface area contributed by atoms with Gasteiger partial charge in [0, 0.05) is 18.8 Å². The third-order valence-corrected chi connectivity index (χ3v) is 2.87. The van der Waals surface area contributed by atoms with Crippen molar-refractivity contribution in [3.05, 3.63) is 0 Å². The van der Waals surface area contributed by atoms with E-state index in [1.807, 2.05) is 0 Å². The fourth-order valence-electron chi connectivity index (χ4n) is 1.94. The molecule has 18 heavy (non-hydrogen) atoms. The minimum Gasteiger partial charge on any atom is -0.481 e. The van der Waals surface area contributed by atoms with Gasteiger partial charge in [0.25, 0.3) is 0 Å². The number of aliphatic carboxylic acids is 2. The van der Waals surface area contributed by atoms with Crippen LogP contribution < -0.4 is 0 Å². The van der Waals surface area contributed by atoms with Gasteiger partial charge in [-0.1, -0.05) is 6.92 Å². The molecular formula is C11H15NO6. The summed E-state index contributed by atoms with van der Waals surface area (Å²) in [6, 6.07) is -1.26. The molecule has 0 aliphatic carbocycles. The topological polar surface area (TPSA) is 112 Å². The number of imide groups is 1. The van der Waals surface area contributed by atoms with Gasteiger partial charge in [0.15, 0.2) is 0 Å². The minimum atomic E-state index is -1.28. The van der Waals surface area contributed by atoms with Crippen LogP contribution in [0.5, 0.6) is 0 Å². The molecule has 1 rings (SSSR count). The lowest BCUT2D eigenvalue weighted by atomic mass is 10.1. The van der Waals surface area contributed by atoms with Gasteiger partial charge in [-0.05, 0) is 12.8 Å². The van der Waals surface area contributed by atoms with Crippen LogP contribution in [0.4, 0.5) is 0 Å². The Morgan fingerprint density at radius 1 is 1.39 bits per heavy atom. The molecule has 7 nitrogen and oxygen atoms in total. The number of carbonyl (C=O) groups is 4. The van der Waals surface area contributed by atoms with Crippen molar-refractivity contribution in [1.82, 2.24) is 4.90 Å². The highest BCUT2D eigenvalue weighted by molar-refractivity contribution is 6.06. The van der Waals surface area contributed by atoms with Gasteiger partial charge in [0.1, 0.15) is 6.04 Å². The molecule has 0 bridgehead atoms. The molecule has 0 aromatic carbocycles. The number of hydrogen-bond acceptors (Lipinski definition) is 4. The van der Waals surface area contributed by atoms with E-state index in [0.717, 1.165) is 4.90 Å². The van der Waals surface area contributed by atoms with Crippen molar-refractivity contribution in [2.75, 3.05) is 0 Å². The Balaban J connectivity index is 2.73. The smallest absolute Gasteiger partial charge is 0.326 e. The zero-order valence-electron chi connectivity index (χ0n) is 9.96. The van der Waals surface area contributed by atoms with Gasteiger partial charge in [-0.15, -0.1) is 0 Å². The van der Waals surface area contributed by atoms with Crippen LogP contribution in [0.3, 0.4) is 0 Å². The normalized spacial score (nSPS) is 21.2. The molecule has 1 aliphatic rings. The summed E-state index contributed by atoms with van der Waals surface area (Å²) >= 11 is 0. The molecule has 2 atom stereocenters. The molecule has 0 aromatic rings. The van der Waals surface area contributed by atoms with Gasteiger partial charge < -0.3 is 10.2 Å². The van der Waals surface area contributed by atoms with Crippen molar-refractivity contribution in [2.45, 2.75) is 38.6 Å². The molecule has 100 valence electrons. The monoisotopic (exact) mass is 257 g/mol. The summed E-state index contributed by atoms with van der Waals surface area (Å²) in [6.07, 6.45) is -0.0966. The maximum atomic E-state index is 11.7. The van der Waals surface area contributed by atoms with Crippen molar-refractivity contribution in [1.29, 1.82) is 0 Å². The highest BCUT2D eigenvalue weighted by atomic mass is 16.4. The fraction of sp³-hybridized carbons (Fsp3) is 0.636. The number of carboxylic acids is 2. The standard InChI is InChI=1S/C11H15NO6/c1-6-5-8(13)12(10(6)16)7(11(17)18)3-2-4-9(14)15/h6-7H,2-5H2,1H3,(H,14,15)(H,17,18). The highest BCUT2D eigenvalue weighted by Gasteiger charge is 2.42. The molecule has 0 radical (unpaired) electrons. The van der Waals surface area contributed by atoms with Gasteiger partial charge in [0.2, 0.25) is 11.8 Å². The van der Waals surface area contributed by atoms with E-state index in [1.165, 1.54) is 0 Å². The molecule has 1 heterocycles. The van der Waals surface area contributed by atoms with E-state index < -0.39 is 35.7 Å². The maximum Gasteiger partial charge on any atom is 0.326 e. The van der Waals surface area contributed by atoms with E-state index in [9.17, 15) is 19.2 Å². The number of amides is 2. The quantitative estimate of drug-likeness (QED) is 0.652. The Morgan fingerprint density at radius 3 is 2.39 bits per heavy atom. The summed E-state index contributed by atoms with van der Waals surface area (Å²) in [5, 5.41) is 17.5. The van der Waals surface area contributed by atoms with E-state index in [2.05, 4.69) is 0 Å². The third kappa shape index (κ3) is 3.06. The Labute approximate surface area is 103 Å². The molecule has 2 unspecified atom stereocenters. The first-order chi connectivity index (χ1) is 8.34. The fourth-order valence-corrected chi connectivity index (χ4v) is 1.94. The van der Waals surface area contributed by atoms with E-state index in [1.54, 1.807) is 6.92 Å². The number of carbonyl (C=O) groups excluding carboxylic acids is 2. The molecule has 1 aliphatic heterocycles. The minimum absolute atomic E-state index is 0.0154. The summed E-state index contributed by atoms with van der Waals surface area (Å²) in [4.78, 5) is 45.4. The van der Waals surface area contributed by atoms with Crippen LogP contribution in [0.15, 0.2) is 0 Å². The number of rotatable bonds is 6. The molecule has 7 heteroatoms. The molecular weight excluding hydrogens is 242 g/mol. The second-order valence-corrected chi connectivity index (χ2v) is 4.35. The Kier molecular flexibility index (Phi) is 4.41. The third-order valence-electron chi connectivity index (χ3n) is 2.87. The predicted octanol–water partition coefficient (Wildman–Crippen LogP) is 0.0895. The average molecular weight is 257 g/mol. The number of hydrogen-bond donors (Lipinski definition) is 2. The van der Waals surface area contributed by atoms with Gasteiger partial charge in [0.05, 0.1) is 0 Å². The second-order valence-electron chi connectivity index (χ2n) is 4.35. The van der Waals surface area contributed by atoms with Crippen LogP contribution in [0.1, 0.15) is 32.6 Å². The highest BCUT2D eigenvalue weighted by Crippen LogP contribution is 2.23. The van der Waals surface area contributed by atoms with E-state index in [0.29, 0.717) is 0 Å². The van der Waals surface area contributed by atoms with Crippen LogP contribution in [-0.4, -0.2) is 44.9 Å². The molecule has 1 saturated heterocycles. The summed E-state index contributed by atoms with van der Waals surface area (Å²) in [5.41, 5.74) is 0. The lowest BCUT2D eigenvalue weighted by Gasteiger charge is -2.22. The van der Waals surface area contributed by atoms with E-state index >= 15 is 0 Å². The number of nitrogens with zero attached hydrogens (tertiary/aromatic N) is 1. The first kappa shape index (κ1) is 14.1. The van der Waals surface area contributed by atoms with Crippen molar-refractivity contribution < 1.29 is 29.4 Å². The molecule has 0 spiro atoms. The lowest BCUT2D eigenvalue weighted by molar-refractivity contribution is -0.155. The van der Waals surface area contributed by atoms with Crippen molar-refractivity contribution in [3.63, 3.8) is 0 Å². The van der Waals surface area contributed by atoms with Crippen molar-refractivity contribution in [2.24, 2.45) is 5.92 Å². The zero-order valence-corrected chi connectivity index (χ0v) is 9.96. The second kappa shape index (κ2) is 5.61. The number of likely N-dealkylation sites (tertiary alicyclic amines) is 1. The molecule has 2 amide bonds. The van der Waals surface area contributed by atoms with Gasteiger partial charge >= 0.3 is 11.9 Å². The SMILES string of the molecule is CC1CC(=O)N(C(CCCC(=O)O)C(=O)O)C1=O. The largest absolute Gasteiger partial charge is 0.481 e. The Hall–Kier alpha value is -1.92. The molecule has 1 fully saturated rings.